The maximum absolute atomic E-state index is 6.04. The lowest BCUT2D eigenvalue weighted by atomic mass is 9.92. The predicted octanol–water partition coefficient (Wildman–Crippen LogP) is 4.37. The molecule has 2 unspecified atom stereocenters. The van der Waals surface area contributed by atoms with Gasteiger partial charge in [-0.05, 0) is 30.4 Å². The third-order valence-electron chi connectivity index (χ3n) is 3.89. The van der Waals surface area contributed by atoms with E-state index < -0.39 is 0 Å². The van der Waals surface area contributed by atoms with Crippen molar-refractivity contribution in [3.8, 4) is 5.75 Å². The van der Waals surface area contributed by atoms with Crippen molar-refractivity contribution in [1.82, 2.24) is 4.90 Å². The molecule has 2 rings (SSSR count). The summed E-state index contributed by atoms with van der Waals surface area (Å²) < 4.78 is 11.2. The molecule has 0 aromatic heterocycles. The van der Waals surface area contributed by atoms with Crippen molar-refractivity contribution in [3.05, 3.63) is 28.2 Å². The van der Waals surface area contributed by atoms with E-state index in [2.05, 4.69) is 18.7 Å². The summed E-state index contributed by atoms with van der Waals surface area (Å²) in [5.74, 6) is 2.11. The minimum absolute atomic E-state index is 0.455. The third-order valence-corrected chi connectivity index (χ3v) is 4.48. The van der Waals surface area contributed by atoms with Gasteiger partial charge < -0.3 is 14.4 Å². The molecule has 0 spiro atoms. The van der Waals surface area contributed by atoms with Crippen molar-refractivity contribution < 1.29 is 9.47 Å². The van der Waals surface area contributed by atoms with Gasteiger partial charge in [0.05, 0.1) is 23.3 Å². The second-order valence-electron chi connectivity index (χ2n) is 6.22. The summed E-state index contributed by atoms with van der Waals surface area (Å²) in [6.07, 6.45) is 1.34. The van der Waals surface area contributed by atoms with Gasteiger partial charge in [0.1, 0.15) is 6.61 Å². The lowest BCUT2D eigenvalue weighted by Gasteiger charge is -2.34. The molecule has 0 N–H and O–H groups in total. The Morgan fingerprint density at radius 3 is 2.32 bits per heavy atom. The van der Waals surface area contributed by atoms with Gasteiger partial charge in [0.15, 0.2) is 5.75 Å². The van der Waals surface area contributed by atoms with Crippen LogP contribution in [0.15, 0.2) is 18.2 Å². The van der Waals surface area contributed by atoms with Gasteiger partial charge in [0, 0.05) is 19.6 Å². The smallest absolute Gasteiger partial charge is 0.156 e. The Hall–Kier alpha value is -0.480. The highest BCUT2D eigenvalue weighted by Crippen LogP contribution is 2.32. The van der Waals surface area contributed by atoms with Crippen LogP contribution in [0.3, 0.4) is 0 Å². The van der Waals surface area contributed by atoms with Crippen molar-refractivity contribution >= 4 is 23.2 Å². The van der Waals surface area contributed by atoms with Crippen LogP contribution in [0.4, 0.5) is 0 Å². The number of hydrogen-bond donors (Lipinski definition) is 0. The zero-order chi connectivity index (χ0) is 15.9. The molecule has 1 aromatic rings. The van der Waals surface area contributed by atoms with Crippen LogP contribution in [-0.2, 0) is 4.74 Å². The molecule has 22 heavy (non-hydrogen) atoms. The molecule has 5 heteroatoms. The van der Waals surface area contributed by atoms with Crippen LogP contribution in [0.25, 0.3) is 0 Å². The molecule has 1 fully saturated rings. The summed E-state index contributed by atoms with van der Waals surface area (Å²) >= 11 is 12.1. The Balaban J connectivity index is 1.60. The number of benzene rings is 1. The lowest BCUT2D eigenvalue weighted by Crippen LogP contribution is -2.40. The minimum Gasteiger partial charge on any atom is -0.488 e. The van der Waals surface area contributed by atoms with E-state index in [4.69, 9.17) is 32.7 Å². The molecule has 3 nitrogen and oxygen atoms in total. The van der Waals surface area contributed by atoms with E-state index in [9.17, 15) is 0 Å². The van der Waals surface area contributed by atoms with Gasteiger partial charge in [-0.15, -0.1) is 0 Å². The van der Waals surface area contributed by atoms with Gasteiger partial charge in [-0.1, -0.05) is 43.1 Å². The molecule has 0 radical (unpaired) electrons. The summed E-state index contributed by atoms with van der Waals surface area (Å²) in [5, 5.41) is 1.06. The van der Waals surface area contributed by atoms with Crippen LogP contribution < -0.4 is 4.74 Å². The monoisotopic (exact) mass is 345 g/mol. The second-order valence-corrected chi connectivity index (χ2v) is 7.03. The summed E-state index contributed by atoms with van der Waals surface area (Å²) in [7, 11) is 0. The number of piperidine rings is 1. The number of nitrogens with zero attached hydrogens (tertiary/aromatic N) is 1. The first-order valence-corrected chi connectivity index (χ1v) is 8.68. The quantitative estimate of drug-likeness (QED) is 0.685. The van der Waals surface area contributed by atoms with E-state index in [0.717, 1.165) is 25.0 Å². The fourth-order valence-electron chi connectivity index (χ4n) is 3.09. The maximum atomic E-state index is 6.04. The topological polar surface area (TPSA) is 21.7 Å². The molecular formula is C17H25Cl2NO2. The van der Waals surface area contributed by atoms with Crippen molar-refractivity contribution in [1.29, 1.82) is 0 Å². The molecular weight excluding hydrogens is 321 g/mol. The number of para-hydroxylation sites is 1. The molecule has 0 amide bonds. The first-order valence-electron chi connectivity index (χ1n) is 7.93. The maximum Gasteiger partial charge on any atom is 0.156 e. The fraction of sp³-hybridized carbons (Fsp3) is 0.647. The van der Waals surface area contributed by atoms with Gasteiger partial charge in [-0.2, -0.15) is 0 Å². The van der Waals surface area contributed by atoms with Crippen molar-refractivity contribution in [3.63, 3.8) is 0 Å². The van der Waals surface area contributed by atoms with Crippen LogP contribution in [0.1, 0.15) is 20.3 Å². The third kappa shape index (κ3) is 5.62. The predicted molar refractivity (Wildman–Crippen MR) is 92.2 cm³/mol. The lowest BCUT2D eigenvalue weighted by molar-refractivity contribution is 0.0596. The van der Waals surface area contributed by atoms with Gasteiger partial charge in [0.25, 0.3) is 0 Å². The molecule has 0 saturated carbocycles. The van der Waals surface area contributed by atoms with Crippen molar-refractivity contribution in [2.75, 3.05) is 39.5 Å². The van der Waals surface area contributed by atoms with E-state index in [1.54, 1.807) is 18.2 Å². The summed E-state index contributed by atoms with van der Waals surface area (Å²) in [5.41, 5.74) is 0. The van der Waals surface area contributed by atoms with E-state index in [1.807, 2.05) is 0 Å². The molecule has 0 bridgehead atoms. The molecule has 1 aliphatic heterocycles. The molecule has 0 aliphatic carbocycles. The number of likely N-dealkylation sites (tertiary alicyclic amines) is 1. The average Bonchev–Trinajstić information content (AvgIpc) is 2.44. The van der Waals surface area contributed by atoms with E-state index in [-0.39, 0.29) is 0 Å². The van der Waals surface area contributed by atoms with Gasteiger partial charge in [-0.25, -0.2) is 0 Å². The van der Waals surface area contributed by atoms with E-state index in [1.165, 1.54) is 19.5 Å². The summed E-state index contributed by atoms with van der Waals surface area (Å²) in [4.78, 5) is 2.49. The van der Waals surface area contributed by atoms with Crippen LogP contribution in [0.2, 0.25) is 10.0 Å². The average molecular weight is 346 g/mol. The number of hydrogen-bond acceptors (Lipinski definition) is 3. The van der Waals surface area contributed by atoms with E-state index >= 15 is 0 Å². The minimum atomic E-state index is 0.455. The molecule has 1 aliphatic rings. The Kier molecular flexibility index (Phi) is 7.29. The summed E-state index contributed by atoms with van der Waals surface area (Å²) in [6.45, 7) is 9.73. The highest BCUT2D eigenvalue weighted by atomic mass is 35.5. The molecule has 124 valence electrons. The molecule has 1 heterocycles. The van der Waals surface area contributed by atoms with Gasteiger partial charge in [-0.3, -0.25) is 0 Å². The zero-order valence-corrected chi connectivity index (χ0v) is 14.9. The highest BCUT2D eigenvalue weighted by molar-refractivity contribution is 6.37. The number of halogens is 2. The van der Waals surface area contributed by atoms with Crippen molar-refractivity contribution in [2.45, 2.75) is 20.3 Å². The first-order chi connectivity index (χ1) is 10.6. The second kappa shape index (κ2) is 8.97. The zero-order valence-electron chi connectivity index (χ0n) is 13.4. The SMILES string of the molecule is CC1CC(C)CN(CCOCCOc2c(Cl)cccc2Cl)C1. The largest absolute Gasteiger partial charge is 0.488 e. The summed E-state index contributed by atoms with van der Waals surface area (Å²) in [6, 6.07) is 5.33. The van der Waals surface area contributed by atoms with Gasteiger partial charge >= 0.3 is 0 Å². The van der Waals surface area contributed by atoms with Crippen LogP contribution in [0.5, 0.6) is 5.75 Å². The molecule has 2 atom stereocenters. The Bertz CT molecular complexity index is 440. The number of rotatable bonds is 7. The van der Waals surface area contributed by atoms with E-state index in [0.29, 0.717) is 29.0 Å². The Morgan fingerprint density at radius 1 is 1.05 bits per heavy atom. The van der Waals surface area contributed by atoms with Crippen LogP contribution >= 0.6 is 23.2 Å². The Morgan fingerprint density at radius 2 is 1.68 bits per heavy atom. The standard InChI is InChI=1S/C17H25Cl2NO2/c1-13-10-14(2)12-20(11-13)6-7-21-8-9-22-17-15(18)4-3-5-16(17)19/h3-5,13-14H,6-12H2,1-2H3. The first kappa shape index (κ1) is 17.9. The van der Waals surface area contributed by atoms with Gasteiger partial charge in [0.2, 0.25) is 0 Å². The number of ether oxygens (including phenoxy) is 2. The molecule has 1 saturated heterocycles. The van der Waals surface area contributed by atoms with Crippen LogP contribution in [-0.4, -0.2) is 44.4 Å². The highest BCUT2D eigenvalue weighted by Gasteiger charge is 2.21. The Labute approximate surface area is 143 Å². The normalized spacial score (nSPS) is 22.7. The van der Waals surface area contributed by atoms with Crippen molar-refractivity contribution in [2.24, 2.45) is 11.8 Å². The fourth-order valence-corrected chi connectivity index (χ4v) is 3.60. The molecule has 1 aromatic carbocycles. The van der Waals surface area contributed by atoms with Crippen LogP contribution in [0, 0.1) is 11.8 Å².